The molecule has 0 radical (unpaired) electrons. The van der Waals surface area contributed by atoms with E-state index in [0.29, 0.717) is 18.2 Å². The Bertz CT molecular complexity index is 783. The van der Waals surface area contributed by atoms with Gasteiger partial charge in [0, 0.05) is 24.6 Å². The smallest absolute Gasteiger partial charge is 0.355 e. The highest BCUT2D eigenvalue weighted by Crippen LogP contribution is 2.41. The average Bonchev–Trinajstić information content (AvgIpc) is 3.06. The average molecular weight is 360 g/mol. The molecule has 0 bridgehead atoms. The minimum absolute atomic E-state index is 0.0356. The van der Waals surface area contributed by atoms with Gasteiger partial charge >= 0.3 is 5.97 Å². The molecular weight excluding hydrogens is 340 g/mol. The molecule has 132 valence electrons. The van der Waals surface area contributed by atoms with E-state index >= 15 is 0 Å². The number of nitrogens with one attached hydrogen (secondary N) is 1. The molecule has 7 heteroatoms. The van der Waals surface area contributed by atoms with Gasteiger partial charge in [-0.2, -0.15) is 0 Å². The minimum atomic E-state index is -1.03. The lowest BCUT2D eigenvalue weighted by Gasteiger charge is -2.39. The number of aromatic nitrogens is 1. The Morgan fingerprint density at radius 1 is 1.40 bits per heavy atom. The van der Waals surface area contributed by atoms with Crippen LogP contribution in [0.1, 0.15) is 35.3 Å². The molecule has 1 aliphatic rings. The van der Waals surface area contributed by atoms with Gasteiger partial charge in [-0.1, -0.05) is 24.6 Å². The van der Waals surface area contributed by atoms with E-state index in [9.17, 15) is 9.59 Å². The number of carbonyl (C=O) groups is 2. The monoisotopic (exact) mass is 360 g/mol. The molecule has 0 unspecified atom stereocenters. The third kappa shape index (κ3) is 3.72. The van der Waals surface area contributed by atoms with Gasteiger partial charge in [-0.15, -0.1) is 11.3 Å². The van der Waals surface area contributed by atoms with Crippen molar-refractivity contribution in [1.29, 1.82) is 0 Å². The van der Waals surface area contributed by atoms with Crippen LogP contribution in [0.2, 0.25) is 0 Å². The first-order valence-electron chi connectivity index (χ1n) is 8.09. The molecule has 1 saturated carbocycles. The van der Waals surface area contributed by atoms with Crippen molar-refractivity contribution in [2.75, 3.05) is 13.7 Å². The molecular formula is C18H20N2O4S. The Morgan fingerprint density at radius 3 is 2.80 bits per heavy atom. The van der Waals surface area contributed by atoms with Gasteiger partial charge < -0.3 is 15.2 Å². The summed E-state index contributed by atoms with van der Waals surface area (Å²) in [6.45, 7) is 0.880. The van der Waals surface area contributed by atoms with Crippen LogP contribution in [-0.4, -0.2) is 35.7 Å². The van der Waals surface area contributed by atoms with Crippen LogP contribution < -0.4 is 5.32 Å². The van der Waals surface area contributed by atoms with E-state index in [2.05, 4.69) is 10.3 Å². The highest BCUT2D eigenvalue weighted by atomic mass is 32.1. The molecule has 2 aromatic rings. The Balaban J connectivity index is 1.67. The molecule has 1 aliphatic carbocycles. The molecule has 2 N–H and O–H groups in total. The van der Waals surface area contributed by atoms with Gasteiger partial charge in [-0.3, -0.25) is 4.79 Å². The summed E-state index contributed by atoms with van der Waals surface area (Å²) in [4.78, 5) is 27.6. The van der Waals surface area contributed by atoms with E-state index in [1.165, 1.54) is 16.7 Å². The largest absolute Gasteiger partial charge is 0.476 e. The molecule has 0 aliphatic heterocycles. The molecule has 1 aromatic carbocycles. The number of thiazole rings is 1. The molecule has 1 aromatic heterocycles. The van der Waals surface area contributed by atoms with Crippen LogP contribution in [0.5, 0.6) is 0 Å². The first kappa shape index (κ1) is 17.6. The van der Waals surface area contributed by atoms with Gasteiger partial charge in [0.15, 0.2) is 5.69 Å². The lowest BCUT2D eigenvalue weighted by molar-refractivity contribution is -0.140. The van der Waals surface area contributed by atoms with E-state index in [-0.39, 0.29) is 17.0 Å². The van der Waals surface area contributed by atoms with E-state index in [0.717, 1.165) is 30.4 Å². The maximum atomic E-state index is 12.5. The number of methoxy groups -OCH3 is 1. The van der Waals surface area contributed by atoms with Crippen LogP contribution in [0.4, 0.5) is 0 Å². The molecule has 0 spiro atoms. The summed E-state index contributed by atoms with van der Waals surface area (Å²) < 4.78 is 5.21. The van der Waals surface area contributed by atoms with Crippen molar-refractivity contribution >= 4 is 23.2 Å². The Kier molecular flexibility index (Phi) is 5.15. The van der Waals surface area contributed by atoms with Gasteiger partial charge in [-0.25, -0.2) is 9.78 Å². The molecule has 1 amide bonds. The number of nitrogens with zero attached hydrogens (tertiary/aromatic N) is 1. The van der Waals surface area contributed by atoms with Crippen molar-refractivity contribution in [3.8, 4) is 10.6 Å². The van der Waals surface area contributed by atoms with Gasteiger partial charge in [0.2, 0.25) is 5.91 Å². The van der Waals surface area contributed by atoms with Crippen LogP contribution in [0.15, 0.2) is 29.6 Å². The summed E-state index contributed by atoms with van der Waals surface area (Å²) in [5.41, 5.74) is 1.47. The zero-order chi connectivity index (χ0) is 17.9. The first-order valence-corrected chi connectivity index (χ1v) is 8.97. The van der Waals surface area contributed by atoms with E-state index in [4.69, 9.17) is 9.84 Å². The summed E-state index contributed by atoms with van der Waals surface area (Å²) in [7, 11) is 1.62. The summed E-state index contributed by atoms with van der Waals surface area (Å²) in [5.74, 6) is -0.997. The predicted molar refractivity (Wildman–Crippen MR) is 94.5 cm³/mol. The fraction of sp³-hybridized carbons (Fsp3) is 0.389. The summed E-state index contributed by atoms with van der Waals surface area (Å²) >= 11 is 1.29. The van der Waals surface area contributed by atoms with Crippen molar-refractivity contribution in [3.63, 3.8) is 0 Å². The second-order valence-electron chi connectivity index (χ2n) is 6.29. The summed E-state index contributed by atoms with van der Waals surface area (Å²) in [6.07, 6.45) is 2.79. The summed E-state index contributed by atoms with van der Waals surface area (Å²) in [5, 5.41) is 14.2. The fourth-order valence-electron chi connectivity index (χ4n) is 3.01. The van der Waals surface area contributed by atoms with Crippen LogP contribution >= 0.6 is 11.3 Å². The number of amides is 1. The molecule has 0 saturated heterocycles. The van der Waals surface area contributed by atoms with Gasteiger partial charge in [-0.05, 0) is 24.5 Å². The molecule has 1 fully saturated rings. The molecule has 3 rings (SSSR count). The number of aromatic carboxylic acids is 1. The van der Waals surface area contributed by atoms with E-state index in [1.807, 2.05) is 24.3 Å². The topological polar surface area (TPSA) is 88.5 Å². The molecule has 0 atom stereocenters. The van der Waals surface area contributed by atoms with Crippen LogP contribution in [0.25, 0.3) is 10.6 Å². The quantitative estimate of drug-likeness (QED) is 0.792. The van der Waals surface area contributed by atoms with Crippen molar-refractivity contribution in [2.45, 2.75) is 25.8 Å². The number of benzene rings is 1. The normalized spacial score (nSPS) is 15.4. The fourth-order valence-corrected chi connectivity index (χ4v) is 3.80. The van der Waals surface area contributed by atoms with Crippen LogP contribution in [0, 0.1) is 5.41 Å². The minimum Gasteiger partial charge on any atom is -0.476 e. The Hall–Kier alpha value is -2.25. The standard InChI is InChI=1S/C18H20N2O4S/c1-24-11-18(6-3-7-18)17(23)19-9-12-4-2-5-13(8-12)15-20-14(10-25-15)16(21)22/h2,4-5,8,10H,3,6-7,9,11H2,1H3,(H,19,23)(H,21,22). The number of carboxylic acids is 1. The highest BCUT2D eigenvalue weighted by Gasteiger charge is 2.43. The maximum Gasteiger partial charge on any atom is 0.355 e. The number of ether oxygens (including phenoxy) is 1. The number of hydrogen-bond acceptors (Lipinski definition) is 5. The van der Waals surface area contributed by atoms with Crippen LogP contribution in [-0.2, 0) is 16.1 Å². The maximum absolute atomic E-state index is 12.5. The number of carbonyl (C=O) groups excluding carboxylic acids is 1. The molecule has 25 heavy (non-hydrogen) atoms. The zero-order valence-electron chi connectivity index (χ0n) is 13.9. The van der Waals surface area contributed by atoms with Gasteiger partial charge in [0.05, 0.1) is 12.0 Å². The number of hydrogen-bond donors (Lipinski definition) is 2. The van der Waals surface area contributed by atoms with Gasteiger partial charge in [0.1, 0.15) is 5.01 Å². The Morgan fingerprint density at radius 2 is 2.20 bits per heavy atom. The molecule has 6 nitrogen and oxygen atoms in total. The van der Waals surface area contributed by atoms with E-state index < -0.39 is 5.97 Å². The second-order valence-corrected chi connectivity index (χ2v) is 7.15. The van der Waals surface area contributed by atoms with Crippen molar-refractivity contribution < 1.29 is 19.4 Å². The van der Waals surface area contributed by atoms with Crippen LogP contribution in [0.3, 0.4) is 0 Å². The van der Waals surface area contributed by atoms with Crippen molar-refractivity contribution in [3.05, 3.63) is 40.9 Å². The predicted octanol–water partition coefficient (Wildman–Crippen LogP) is 2.94. The third-order valence-corrected chi connectivity index (χ3v) is 5.45. The Labute approximate surface area is 149 Å². The van der Waals surface area contributed by atoms with E-state index in [1.54, 1.807) is 7.11 Å². The number of rotatable bonds is 7. The number of carboxylic acid groups (broad SMARTS) is 1. The highest BCUT2D eigenvalue weighted by molar-refractivity contribution is 7.13. The second kappa shape index (κ2) is 7.33. The van der Waals surface area contributed by atoms with Gasteiger partial charge in [0.25, 0.3) is 0 Å². The molecule has 1 heterocycles. The van der Waals surface area contributed by atoms with Crippen molar-refractivity contribution in [1.82, 2.24) is 10.3 Å². The lowest BCUT2D eigenvalue weighted by atomic mass is 9.68. The summed E-state index contributed by atoms with van der Waals surface area (Å²) in [6, 6.07) is 7.62. The van der Waals surface area contributed by atoms with Crippen molar-refractivity contribution in [2.24, 2.45) is 5.41 Å². The third-order valence-electron chi connectivity index (χ3n) is 4.56. The SMILES string of the molecule is COCC1(C(=O)NCc2cccc(-c3nc(C(=O)O)cs3)c2)CCC1. The lowest BCUT2D eigenvalue weighted by Crippen LogP contribution is -2.48. The first-order chi connectivity index (χ1) is 12.0. The zero-order valence-corrected chi connectivity index (χ0v) is 14.8.